The van der Waals surface area contributed by atoms with E-state index in [0.29, 0.717) is 17.1 Å². The summed E-state index contributed by atoms with van der Waals surface area (Å²) in [6, 6.07) is 0. The summed E-state index contributed by atoms with van der Waals surface area (Å²) in [5.74, 6) is -0.0417. The molecule has 0 aliphatic carbocycles. The van der Waals surface area contributed by atoms with E-state index in [2.05, 4.69) is 5.10 Å². The van der Waals surface area contributed by atoms with Crippen LogP contribution in [0.25, 0.3) is 0 Å². The van der Waals surface area contributed by atoms with Crippen LogP contribution in [-0.2, 0) is 7.05 Å². The standard InChI is InChI=1S/C10H13ClN2O/c1-4-7(5-2)10(14)9-8(11)6-12-13(9)3/h4,6H,5H2,1-3H3. The van der Waals surface area contributed by atoms with E-state index in [9.17, 15) is 4.79 Å². The van der Waals surface area contributed by atoms with Gasteiger partial charge in [0, 0.05) is 7.05 Å². The molecule has 0 aliphatic rings. The molecule has 1 aromatic heterocycles. The van der Waals surface area contributed by atoms with Gasteiger partial charge < -0.3 is 0 Å². The maximum atomic E-state index is 11.9. The first-order valence-corrected chi connectivity index (χ1v) is 4.87. The highest BCUT2D eigenvalue weighted by Crippen LogP contribution is 2.19. The van der Waals surface area contributed by atoms with E-state index < -0.39 is 0 Å². The fraction of sp³-hybridized carbons (Fsp3) is 0.400. The molecular formula is C10H13ClN2O. The Morgan fingerprint density at radius 2 is 2.36 bits per heavy atom. The van der Waals surface area contributed by atoms with E-state index >= 15 is 0 Å². The molecule has 1 rings (SSSR count). The summed E-state index contributed by atoms with van der Waals surface area (Å²) in [5, 5.41) is 4.33. The van der Waals surface area contributed by atoms with Gasteiger partial charge in [-0.25, -0.2) is 0 Å². The van der Waals surface area contributed by atoms with Crippen LogP contribution in [0.2, 0.25) is 5.02 Å². The van der Waals surface area contributed by atoms with E-state index in [0.717, 1.165) is 5.57 Å². The quantitative estimate of drug-likeness (QED) is 0.570. The largest absolute Gasteiger partial charge is 0.287 e. The van der Waals surface area contributed by atoms with E-state index in [1.54, 1.807) is 7.05 Å². The number of allylic oxidation sites excluding steroid dienone is 2. The third kappa shape index (κ3) is 1.87. The lowest BCUT2D eigenvalue weighted by molar-refractivity contribution is 0.102. The molecule has 1 heterocycles. The number of aryl methyl sites for hydroxylation is 1. The van der Waals surface area contributed by atoms with E-state index in [4.69, 9.17) is 11.6 Å². The van der Waals surface area contributed by atoms with Crippen molar-refractivity contribution in [2.24, 2.45) is 7.05 Å². The molecule has 3 nitrogen and oxygen atoms in total. The monoisotopic (exact) mass is 212 g/mol. The highest BCUT2D eigenvalue weighted by molar-refractivity contribution is 6.34. The number of carbonyl (C=O) groups is 1. The molecule has 0 aliphatic heterocycles. The maximum Gasteiger partial charge on any atom is 0.208 e. The molecule has 0 amide bonds. The SMILES string of the molecule is CC=C(CC)C(=O)c1c(Cl)cnn1C. The van der Waals surface area contributed by atoms with Gasteiger partial charge in [-0.1, -0.05) is 24.6 Å². The number of hydrogen-bond acceptors (Lipinski definition) is 2. The van der Waals surface area contributed by atoms with Crippen molar-refractivity contribution in [3.63, 3.8) is 0 Å². The van der Waals surface area contributed by atoms with Crippen molar-refractivity contribution in [2.45, 2.75) is 20.3 Å². The predicted molar refractivity (Wildman–Crippen MR) is 56.6 cm³/mol. The Morgan fingerprint density at radius 3 is 2.71 bits per heavy atom. The topological polar surface area (TPSA) is 34.9 Å². The number of nitrogens with zero attached hydrogens (tertiary/aromatic N) is 2. The van der Waals surface area contributed by atoms with Gasteiger partial charge in [-0.2, -0.15) is 5.10 Å². The van der Waals surface area contributed by atoms with Gasteiger partial charge >= 0.3 is 0 Å². The van der Waals surface area contributed by atoms with Gasteiger partial charge in [0.05, 0.1) is 11.2 Å². The van der Waals surface area contributed by atoms with Gasteiger partial charge in [0.1, 0.15) is 5.69 Å². The fourth-order valence-corrected chi connectivity index (χ4v) is 1.57. The molecule has 1 aromatic rings. The Hall–Kier alpha value is -1.09. The van der Waals surface area contributed by atoms with Crippen LogP contribution < -0.4 is 0 Å². The second-order valence-electron chi connectivity index (χ2n) is 2.96. The Labute approximate surface area is 88.4 Å². The van der Waals surface area contributed by atoms with Crippen LogP contribution in [0.15, 0.2) is 17.8 Å². The minimum absolute atomic E-state index is 0.0417. The van der Waals surface area contributed by atoms with Gasteiger partial charge in [0.15, 0.2) is 0 Å². The van der Waals surface area contributed by atoms with Crippen LogP contribution in [0.1, 0.15) is 30.8 Å². The summed E-state index contributed by atoms with van der Waals surface area (Å²) < 4.78 is 1.50. The smallest absolute Gasteiger partial charge is 0.208 e. The number of rotatable bonds is 3. The molecule has 0 spiro atoms. The summed E-state index contributed by atoms with van der Waals surface area (Å²) in [5.41, 5.74) is 1.22. The molecule has 0 atom stereocenters. The van der Waals surface area contributed by atoms with E-state index in [-0.39, 0.29) is 5.78 Å². The summed E-state index contributed by atoms with van der Waals surface area (Å²) >= 11 is 5.87. The lowest BCUT2D eigenvalue weighted by atomic mass is 10.1. The summed E-state index contributed by atoms with van der Waals surface area (Å²) in [6.07, 6.45) is 4.00. The number of Topliss-reactive ketones (excluding diaryl/α,β-unsaturated/α-hetero) is 1. The van der Waals surface area contributed by atoms with Crippen molar-refractivity contribution in [1.29, 1.82) is 0 Å². The van der Waals surface area contributed by atoms with Crippen molar-refractivity contribution < 1.29 is 4.79 Å². The van der Waals surface area contributed by atoms with Gasteiger partial charge in [0.2, 0.25) is 5.78 Å². The minimum Gasteiger partial charge on any atom is -0.287 e. The zero-order valence-electron chi connectivity index (χ0n) is 8.54. The average molecular weight is 213 g/mol. The lowest BCUT2D eigenvalue weighted by Crippen LogP contribution is -2.09. The van der Waals surface area contributed by atoms with Crippen molar-refractivity contribution in [2.75, 3.05) is 0 Å². The third-order valence-corrected chi connectivity index (χ3v) is 2.41. The first-order valence-electron chi connectivity index (χ1n) is 4.49. The Morgan fingerprint density at radius 1 is 1.71 bits per heavy atom. The molecule has 76 valence electrons. The predicted octanol–water partition coefficient (Wildman–Crippen LogP) is 2.61. The van der Waals surface area contributed by atoms with E-state index in [1.165, 1.54) is 10.9 Å². The Balaban J connectivity index is 3.12. The number of hydrogen-bond donors (Lipinski definition) is 0. The molecule has 0 saturated heterocycles. The van der Waals surface area contributed by atoms with E-state index in [1.807, 2.05) is 19.9 Å². The zero-order chi connectivity index (χ0) is 10.7. The van der Waals surface area contributed by atoms with Crippen LogP contribution in [0.3, 0.4) is 0 Å². The highest BCUT2D eigenvalue weighted by Gasteiger charge is 2.17. The molecular weight excluding hydrogens is 200 g/mol. The van der Waals surface area contributed by atoms with Crippen LogP contribution in [0.4, 0.5) is 0 Å². The van der Waals surface area contributed by atoms with Crippen LogP contribution in [-0.4, -0.2) is 15.6 Å². The molecule has 0 fully saturated rings. The number of halogens is 1. The molecule has 0 radical (unpaired) electrons. The molecule has 14 heavy (non-hydrogen) atoms. The average Bonchev–Trinajstić information content (AvgIpc) is 2.48. The second kappa shape index (κ2) is 4.42. The van der Waals surface area contributed by atoms with Crippen LogP contribution >= 0.6 is 11.6 Å². The Bertz CT molecular complexity index is 360. The number of aromatic nitrogens is 2. The highest BCUT2D eigenvalue weighted by atomic mass is 35.5. The molecule has 0 aromatic carbocycles. The van der Waals surface area contributed by atoms with Crippen molar-refractivity contribution in [1.82, 2.24) is 9.78 Å². The number of carbonyl (C=O) groups excluding carboxylic acids is 1. The first-order chi connectivity index (χ1) is 6.61. The zero-order valence-corrected chi connectivity index (χ0v) is 9.30. The summed E-state index contributed by atoms with van der Waals surface area (Å²) in [4.78, 5) is 11.9. The van der Waals surface area contributed by atoms with Crippen molar-refractivity contribution in [3.8, 4) is 0 Å². The fourth-order valence-electron chi connectivity index (χ4n) is 1.31. The molecule has 0 N–H and O–H groups in total. The molecule has 0 saturated carbocycles. The summed E-state index contributed by atoms with van der Waals surface area (Å²) in [6.45, 7) is 3.79. The normalized spacial score (nSPS) is 11.9. The molecule has 0 bridgehead atoms. The van der Waals surface area contributed by atoms with Crippen LogP contribution in [0.5, 0.6) is 0 Å². The maximum absolute atomic E-state index is 11.9. The minimum atomic E-state index is -0.0417. The Kier molecular flexibility index (Phi) is 3.47. The van der Waals surface area contributed by atoms with Crippen molar-refractivity contribution >= 4 is 17.4 Å². The van der Waals surface area contributed by atoms with Gasteiger partial charge in [-0.05, 0) is 18.9 Å². The van der Waals surface area contributed by atoms with Gasteiger partial charge in [-0.3, -0.25) is 9.48 Å². The summed E-state index contributed by atoms with van der Waals surface area (Å²) in [7, 11) is 1.71. The van der Waals surface area contributed by atoms with Crippen molar-refractivity contribution in [3.05, 3.63) is 28.6 Å². The van der Waals surface area contributed by atoms with Gasteiger partial charge in [0.25, 0.3) is 0 Å². The van der Waals surface area contributed by atoms with Crippen LogP contribution in [0, 0.1) is 0 Å². The van der Waals surface area contributed by atoms with Gasteiger partial charge in [-0.15, -0.1) is 0 Å². The second-order valence-corrected chi connectivity index (χ2v) is 3.37. The number of ketones is 1. The molecule has 0 unspecified atom stereocenters. The molecule has 4 heteroatoms. The lowest BCUT2D eigenvalue weighted by Gasteiger charge is -2.03. The first kappa shape index (κ1) is 11.0. The third-order valence-electron chi connectivity index (χ3n) is 2.13.